The van der Waals surface area contributed by atoms with Gasteiger partial charge < -0.3 is 10.5 Å². The highest BCUT2D eigenvalue weighted by atomic mass is 79.9. The van der Waals surface area contributed by atoms with Crippen LogP contribution in [0, 0.1) is 12.7 Å². The summed E-state index contributed by atoms with van der Waals surface area (Å²) in [5.41, 5.74) is 11.6. The van der Waals surface area contributed by atoms with Crippen molar-refractivity contribution < 1.29 is 18.8 Å². The van der Waals surface area contributed by atoms with Crippen LogP contribution in [-0.4, -0.2) is 35.5 Å². The number of methoxy groups -OCH3 is 1. The van der Waals surface area contributed by atoms with E-state index < -0.39 is 0 Å². The van der Waals surface area contributed by atoms with Crippen molar-refractivity contribution >= 4 is 33.7 Å². The Morgan fingerprint density at radius 3 is 2.61 bits per heavy atom. The average molecular weight is 526 g/mol. The topological polar surface area (TPSA) is 112 Å². The number of fused-ring (bicyclic) bond motifs is 1. The molecule has 8 nitrogen and oxygen atoms in total. The molecule has 2 heterocycles. The molecule has 0 saturated carbocycles. The first-order chi connectivity index (χ1) is 15.9. The highest BCUT2D eigenvalue weighted by Crippen LogP contribution is 2.34. The number of hydrogen-bond donors (Lipinski definition) is 2. The molecule has 3 rings (SSSR count). The SMILES string of the molecule is CC.CC.COC(=O)CCCONC1=NC(c2ccc(F)cc2Br)Cc2nc(N)nc(C)c21. The number of hydroxylamine groups is 1. The summed E-state index contributed by atoms with van der Waals surface area (Å²) in [6.07, 6.45) is 1.23. The minimum absolute atomic E-state index is 0.179. The van der Waals surface area contributed by atoms with Crippen molar-refractivity contribution in [2.75, 3.05) is 19.5 Å². The van der Waals surface area contributed by atoms with E-state index in [2.05, 4.69) is 36.1 Å². The summed E-state index contributed by atoms with van der Waals surface area (Å²) in [4.78, 5) is 30.0. The molecule has 1 aromatic heterocycles. The fraction of sp³-hybridized carbons (Fsp3) is 0.478. The van der Waals surface area contributed by atoms with E-state index in [1.54, 1.807) is 6.07 Å². The second-order valence-electron chi connectivity index (χ2n) is 6.48. The number of ether oxygens (including phenoxy) is 1. The molecular weight excluding hydrogens is 493 g/mol. The third-order valence-corrected chi connectivity index (χ3v) is 5.12. The van der Waals surface area contributed by atoms with Gasteiger partial charge in [-0.3, -0.25) is 14.6 Å². The van der Waals surface area contributed by atoms with E-state index in [1.165, 1.54) is 19.2 Å². The van der Waals surface area contributed by atoms with Gasteiger partial charge in [0.25, 0.3) is 0 Å². The summed E-state index contributed by atoms with van der Waals surface area (Å²) in [6, 6.07) is 4.16. The number of amidine groups is 1. The van der Waals surface area contributed by atoms with E-state index >= 15 is 0 Å². The van der Waals surface area contributed by atoms with Crippen molar-refractivity contribution in [2.45, 2.75) is 59.9 Å². The molecule has 1 aliphatic heterocycles. The van der Waals surface area contributed by atoms with Crippen molar-refractivity contribution in [3.8, 4) is 0 Å². The molecule has 0 aliphatic carbocycles. The zero-order valence-electron chi connectivity index (χ0n) is 20.0. The van der Waals surface area contributed by atoms with Crippen molar-refractivity contribution in [1.82, 2.24) is 15.4 Å². The van der Waals surface area contributed by atoms with Crippen LogP contribution in [0.5, 0.6) is 0 Å². The van der Waals surface area contributed by atoms with Crippen LogP contribution >= 0.6 is 15.9 Å². The first-order valence-electron chi connectivity index (χ1n) is 11.0. The van der Waals surface area contributed by atoms with Crippen molar-refractivity contribution in [1.29, 1.82) is 0 Å². The molecule has 1 aromatic carbocycles. The summed E-state index contributed by atoms with van der Waals surface area (Å²) in [5.74, 6) is 0.00636. The van der Waals surface area contributed by atoms with Crippen LogP contribution < -0.4 is 11.2 Å². The van der Waals surface area contributed by atoms with Crippen molar-refractivity contribution in [2.24, 2.45) is 4.99 Å². The Balaban J connectivity index is 0.00000129. The number of aliphatic imine (C=N–C) groups is 1. The van der Waals surface area contributed by atoms with Gasteiger partial charge in [-0.2, -0.15) is 0 Å². The second kappa shape index (κ2) is 14.5. The van der Waals surface area contributed by atoms with Crippen LogP contribution in [0.2, 0.25) is 0 Å². The molecule has 1 unspecified atom stereocenters. The van der Waals surface area contributed by atoms with E-state index in [9.17, 15) is 9.18 Å². The van der Waals surface area contributed by atoms with Crippen LogP contribution in [0.4, 0.5) is 10.3 Å². The monoisotopic (exact) mass is 525 g/mol. The highest BCUT2D eigenvalue weighted by Gasteiger charge is 2.27. The third-order valence-electron chi connectivity index (χ3n) is 4.44. The smallest absolute Gasteiger partial charge is 0.305 e. The molecule has 0 bridgehead atoms. The van der Waals surface area contributed by atoms with Crippen LogP contribution in [-0.2, 0) is 20.8 Å². The van der Waals surface area contributed by atoms with E-state index in [0.29, 0.717) is 28.8 Å². The number of nitrogens with zero attached hydrogens (tertiary/aromatic N) is 3. The first-order valence-corrected chi connectivity index (χ1v) is 11.8. The predicted molar refractivity (Wildman–Crippen MR) is 131 cm³/mol. The Labute approximate surface area is 203 Å². The summed E-state index contributed by atoms with van der Waals surface area (Å²) < 4.78 is 18.7. The van der Waals surface area contributed by atoms with Gasteiger partial charge in [-0.25, -0.2) is 19.8 Å². The maximum absolute atomic E-state index is 13.5. The maximum atomic E-state index is 13.5. The molecule has 1 aliphatic rings. The standard InChI is InChI=1S/C19H21BrFN5O3.2C2H6/c1-10-17-15(25-19(22)23-10)9-14(12-6-5-11(21)8-13(12)20)24-18(17)26-29-7-3-4-16(27)28-2;2*1-2/h5-6,8,14H,3-4,7,9H2,1-2H3,(H,24,26)(H2,22,23,25);2*1-2H3. The zero-order chi connectivity index (χ0) is 25.0. The number of nitrogens with one attached hydrogen (secondary N) is 1. The van der Waals surface area contributed by atoms with Gasteiger partial charge in [-0.05, 0) is 31.0 Å². The van der Waals surface area contributed by atoms with Crippen LogP contribution in [0.25, 0.3) is 0 Å². The molecule has 0 fully saturated rings. The Morgan fingerprint density at radius 1 is 1.27 bits per heavy atom. The van der Waals surface area contributed by atoms with Gasteiger partial charge in [-0.15, -0.1) is 0 Å². The number of anilines is 1. The number of hydrogen-bond acceptors (Lipinski definition) is 8. The molecule has 0 saturated heterocycles. The van der Waals surface area contributed by atoms with Crippen molar-refractivity contribution in [3.05, 3.63) is 51.0 Å². The number of esters is 1. The fourth-order valence-electron chi connectivity index (χ4n) is 3.10. The number of aromatic nitrogens is 2. The number of rotatable bonds is 6. The normalized spacial score (nSPS) is 13.9. The number of carbonyl (C=O) groups excluding carboxylic acids is 1. The predicted octanol–water partition coefficient (Wildman–Crippen LogP) is 4.84. The molecule has 1 atom stereocenters. The van der Waals surface area contributed by atoms with Gasteiger partial charge in [0.15, 0.2) is 5.84 Å². The van der Waals surface area contributed by atoms with E-state index in [-0.39, 0.29) is 36.8 Å². The van der Waals surface area contributed by atoms with E-state index in [0.717, 1.165) is 16.8 Å². The maximum Gasteiger partial charge on any atom is 0.305 e. The molecule has 10 heteroatoms. The highest BCUT2D eigenvalue weighted by molar-refractivity contribution is 9.10. The molecule has 0 amide bonds. The quantitative estimate of drug-likeness (QED) is 0.315. The Morgan fingerprint density at radius 2 is 1.97 bits per heavy atom. The van der Waals surface area contributed by atoms with E-state index in [1.807, 2.05) is 34.6 Å². The van der Waals surface area contributed by atoms with Gasteiger partial charge in [0.2, 0.25) is 5.95 Å². The van der Waals surface area contributed by atoms with Gasteiger partial charge in [0, 0.05) is 17.3 Å². The van der Waals surface area contributed by atoms with Gasteiger partial charge in [0.1, 0.15) is 5.82 Å². The molecular formula is C23H33BrFN5O3. The molecule has 33 heavy (non-hydrogen) atoms. The number of carbonyl (C=O) groups is 1. The first kappa shape index (κ1) is 28.4. The lowest BCUT2D eigenvalue weighted by molar-refractivity contribution is -0.141. The van der Waals surface area contributed by atoms with Crippen molar-refractivity contribution in [3.63, 3.8) is 0 Å². The minimum atomic E-state index is -0.337. The molecule has 3 N–H and O–H groups in total. The molecule has 182 valence electrons. The minimum Gasteiger partial charge on any atom is -0.469 e. The average Bonchev–Trinajstić information content (AvgIpc) is 2.80. The zero-order valence-corrected chi connectivity index (χ0v) is 21.6. The Bertz CT molecular complexity index is 956. The Kier molecular flexibility index (Phi) is 12.5. The largest absolute Gasteiger partial charge is 0.469 e. The third kappa shape index (κ3) is 8.04. The number of nitrogens with two attached hydrogens (primary N) is 1. The Hall–Kier alpha value is -2.59. The number of nitrogen functional groups attached to an aromatic ring is 1. The van der Waals surface area contributed by atoms with Crippen LogP contribution in [0.1, 0.15) is 69.1 Å². The lowest BCUT2D eigenvalue weighted by Crippen LogP contribution is -2.32. The summed E-state index contributed by atoms with van der Waals surface area (Å²) in [5, 5.41) is 0. The number of benzene rings is 1. The lowest BCUT2D eigenvalue weighted by atomic mass is 9.95. The summed E-state index contributed by atoms with van der Waals surface area (Å²) in [6.45, 7) is 10.1. The van der Waals surface area contributed by atoms with Crippen LogP contribution in [0.3, 0.4) is 0 Å². The summed E-state index contributed by atoms with van der Waals surface area (Å²) >= 11 is 3.40. The fourth-order valence-corrected chi connectivity index (χ4v) is 3.71. The summed E-state index contributed by atoms with van der Waals surface area (Å²) in [7, 11) is 1.34. The number of aryl methyl sites for hydroxylation is 1. The number of halogens is 2. The van der Waals surface area contributed by atoms with Crippen LogP contribution in [0.15, 0.2) is 27.7 Å². The molecule has 0 spiro atoms. The molecule has 0 radical (unpaired) electrons. The second-order valence-corrected chi connectivity index (χ2v) is 7.34. The van der Waals surface area contributed by atoms with Gasteiger partial charge >= 0.3 is 5.97 Å². The van der Waals surface area contributed by atoms with Gasteiger partial charge in [0.05, 0.1) is 36.7 Å². The molecule has 2 aromatic rings. The van der Waals surface area contributed by atoms with Gasteiger partial charge in [-0.1, -0.05) is 49.7 Å². The lowest BCUT2D eigenvalue weighted by Gasteiger charge is -2.25. The van der Waals surface area contributed by atoms with E-state index in [4.69, 9.17) is 15.6 Å².